The average Bonchev–Trinajstić information content (AvgIpc) is 4.04. The first-order valence-corrected chi connectivity index (χ1v) is 19.7. The zero-order valence-corrected chi connectivity index (χ0v) is 37.4. The van der Waals surface area contributed by atoms with Gasteiger partial charge in [0.2, 0.25) is 0 Å². The molecule has 0 amide bonds. The molecule has 0 saturated heterocycles. The molecule has 14 heteroatoms. The molecule has 4 nitrogen and oxygen atoms in total. The zero-order valence-electron chi connectivity index (χ0n) is 30.7. The van der Waals surface area contributed by atoms with Gasteiger partial charge in [0.15, 0.2) is 0 Å². The second kappa shape index (κ2) is 16.3. The molecule has 8 bridgehead atoms. The van der Waals surface area contributed by atoms with Gasteiger partial charge in [-0.25, -0.2) is 9.97 Å². The smallest absolute Gasteiger partial charge is 0.657 e. The van der Waals surface area contributed by atoms with Gasteiger partial charge in [-0.05, 0) is 123 Å². The minimum absolute atomic E-state index is 0. The fraction of sp³-hybridized carbons (Fsp3) is 0.0435. The van der Waals surface area contributed by atoms with Crippen LogP contribution in [-0.2, 0) is 19.5 Å². The summed E-state index contributed by atoms with van der Waals surface area (Å²) in [6, 6.07) is 33.9. The van der Waals surface area contributed by atoms with Gasteiger partial charge in [-0.2, -0.15) is 17.6 Å². The molecule has 292 valence electrons. The average molecular weight is 950 g/mol. The summed E-state index contributed by atoms with van der Waals surface area (Å²) in [7, 11) is 0. The molecule has 0 N–H and O–H groups in total. The first kappa shape index (κ1) is 42.0. The number of fused-ring (bicyclic) bond motifs is 8. The summed E-state index contributed by atoms with van der Waals surface area (Å²) in [5.41, 5.74) is 4.51. The molecular formula is C46H23Cl5F4N4Zn. The van der Waals surface area contributed by atoms with Gasteiger partial charge >= 0.3 is 30.8 Å². The second-order valence-electron chi connectivity index (χ2n) is 13.7. The summed E-state index contributed by atoms with van der Waals surface area (Å²) in [6.07, 6.45) is 4.67. The predicted molar refractivity (Wildman–Crippen MR) is 233 cm³/mol. The van der Waals surface area contributed by atoms with Crippen molar-refractivity contribution >= 4 is 104 Å². The monoisotopic (exact) mass is 946 g/mol. The number of alkyl halides is 5. The van der Waals surface area contributed by atoms with Gasteiger partial charge in [0, 0.05) is 20.1 Å². The third kappa shape index (κ3) is 7.73. The van der Waals surface area contributed by atoms with Crippen molar-refractivity contribution in [1.29, 1.82) is 0 Å². The van der Waals surface area contributed by atoms with Crippen molar-refractivity contribution < 1.29 is 37.0 Å². The first-order valence-electron chi connectivity index (χ1n) is 17.8. The standard InChI is InChI=1S/C46H23Cl5F4N4.Zn/c47-28-9-1-24(2-10-28)40-33-17-18-34(56-33)41(25-3-11-29(48)12-4-25)36-21-22-38(58-36)43(27-7-15-31(50)16-8-27)44-32(45(52,53)46(51,54)55)23-39(59-44)42(37-20-19-35(40)57-37)26-5-13-30(49)14-6-26;/h1-23H;/q-2;+2. The van der Waals surface area contributed by atoms with E-state index in [9.17, 15) is 8.78 Å². The largest absolute Gasteiger partial charge is 2.00 e. The number of hydrogen-bond donors (Lipinski definition) is 0. The van der Waals surface area contributed by atoms with E-state index in [-0.39, 0.29) is 41.8 Å². The summed E-state index contributed by atoms with van der Waals surface area (Å²) in [5.74, 6) is -4.92. The Labute approximate surface area is 378 Å². The van der Waals surface area contributed by atoms with Crippen LogP contribution in [0.15, 0.2) is 121 Å². The number of hydrogen-bond acceptors (Lipinski definition) is 2. The van der Waals surface area contributed by atoms with Crippen LogP contribution in [0.2, 0.25) is 20.1 Å². The fourth-order valence-corrected chi connectivity index (χ4v) is 7.81. The van der Waals surface area contributed by atoms with Crippen molar-refractivity contribution in [2.24, 2.45) is 0 Å². The van der Waals surface area contributed by atoms with Crippen LogP contribution >= 0.6 is 58.0 Å². The Hall–Kier alpha value is -4.73. The molecule has 0 unspecified atom stereocenters. The predicted octanol–water partition coefficient (Wildman–Crippen LogP) is 15.0. The number of halogens is 9. The quantitative estimate of drug-likeness (QED) is 0.0947. The van der Waals surface area contributed by atoms with E-state index in [2.05, 4.69) is 0 Å². The Morgan fingerprint density at radius 3 is 1.08 bits per heavy atom. The van der Waals surface area contributed by atoms with E-state index >= 15 is 8.78 Å². The van der Waals surface area contributed by atoms with Crippen LogP contribution in [0, 0.1) is 0 Å². The minimum atomic E-state index is -5.02. The van der Waals surface area contributed by atoms with Crippen LogP contribution in [0.4, 0.5) is 17.6 Å². The molecule has 0 radical (unpaired) electrons. The molecule has 5 heterocycles. The summed E-state index contributed by atoms with van der Waals surface area (Å²) in [5, 5.41) is -3.23. The molecule has 2 aliphatic heterocycles. The van der Waals surface area contributed by atoms with Crippen LogP contribution in [0.1, 0.15) is 22.8 Å². The van der Waals surface area contributed by atoms with Crippen molar-refractivity contribution in [3.8, 4) is 44.5 Å². The summed E-state index contributed by atoms with van der Waals surface area (Å²) in [4.78, 5) is 20.0. The Bertz CT molecular complexity index is 3030. The van der Waals surface area contributed by atoms with Gasteiger partial charge in [0.25, 0.3) is 0 Å². The summed E-state index contributed by atoms with van der Waals surface area (Å²) >= 11 is 30.5. The van der Waals surface area contributed by atoms with Gasteiger partial charge in [-0.3, -0.25) is 0 Å². The van der Waals surface area contributed by atoms with E-state index in [1.54, 1.807) is 97.1 Å². The zero-order chi connectivity index (χ0) is 41.2. The maximum Gasteiger partial charge on any atom is 2.00 e. The van der Waals surface area contributed by atoms with E-state index in [0.29, 0.717) is 75.8 Å². The van der Waals surface area contributed by atoms with Crippen molar-refractivity contribution in [2.45, 2.75) is 11.3 Å². The molecule has 7 aromatic rings. The third-order valence-corrected chi connectivity index (χ3v) is 11.2. The number of aromatic nitrogens is 4. The molecule has 0 atom stereocenters. The van der Waals surface area contributed by atoms with E-state index in [1.165, 1.54) is 0 Å². The second-order valence-corrected chi connectivity index (χ2v) is 15.9. The van der Waals surface area contributed by atoms with Crippen molar-refractivity contribution in [3.05, 3.63) is 164 Å². The van der Waals surface area contributed by atoms with Gasteiger partial charge in [-0.1, -0.05) is 119 Å². The first-order chi connectivity index (χ1) is 28.2. The van der Waals surface area contributed by atoms with E-state index in [4.69, 9.17) is 77.9 Å². The summed E-state index contributed by atoms with van der Waals surface area (Å²) < 4.78 is 62.6. The van der Waals surface area contributed by atoms with Gasteiger partial charge in [0.1, 0.15) is 0 Å². The van der Waals surface area contributed by atoms with E-state index in [0.717, 1.165) is 11.6 Å². The number of rotatable bonds is 6. The normalized spacial score (nSPS) is 12.7. The van der Waals surface area contributed by atoms with Crippen molar-refractivity contribution in [1.82, 2.24) is 19.9 Å². The third-order valence-electron chi connectivity index (χ3n) is 9.94. The Kier molecular flexibility index (Phi) is 11.4. The summed E-state index contributed by atoms with van der Waals surface area (Å²) in [6.45, 7) is 0. The number of nitrogens with zero attached hydrogens (tertiary/aromatic N) is 4. The minimum Gasteiger partial charge on any atom is -0.657 e. The van der Waals surface area contributed by atoms with Crippen molar-refractivity contribution in [3.63, 3.8) is 0 Å². The van der Waals surface area contributed by atoms with Crippen LogP contribution in [0.3, 0.4) is 0 Å². The van der Waals surface area contributed by atoms with Crippen LogP contribution in [-0.4, -0.2) is 21.3 Å². The Morgan fingerprint density at radius 2 is 0.733 bits per heavy atom. The van der Waals surface area contributed by atoms with Crippen molar-refractivity contribution in [2.75, 3.05) is 0 Å². The molecule has 0 fully saturated rings. The fourth-order valence-electron chi connectivity index (χ4n) is 7.20. The molecule has 9 rings (SSSR count). The Balaban J connectivity index is 0.00000499. The maximum atomic E-state index is 16.3. The number of benzene rings is 4. The van der Waals surface area contributed by atoms with Gasteiger partial charge in [0.05, 0.1) is 28.3 Å². The van der Waals surface area contributed by atoms with Crippen LogP contribution in [0.5, 0.6) is 0 Å². The van der Waals surface area contributed by atoms with Crippen LogP contribution in [0.25, 0.3) is 90.4 Å². The van der Waals surface area contributed by atoms with E-state index in [1.807, 2.05) is 36.4 Å². The molecule has 0 saturated carbocycles. The molecule has 60 heavy (non-hydrogen) atoms. The van der Waals surface area contributed by atoms with Gasteiger partial charge < -0.3 is 9.97 Å². The Morgan fingerprint density at radius 1 is 0.417 bits per heavy atom. The number of allylic oxidation sites excluding steroid dienone is 1. The maximum absolute atomic E-state index is 16.3. The molecule has 0 spiro atoms. The molecule has 0 aliphatic carbocycles. The van der Waals surface area contributed by atoms with Gasteiger partial charge in [-0.15, -0.1) is 22.1 Å². The molecular weight excluding hydrogens is 927 g/mol. The molecule has 4 aromatic carbocycles. The molecule has 3 aromatic heterocycles. The molecule has 2 aliphatic rings. The topological polar surface area (TPSA) is 54.0 Å². The SMILES string of the molecule is FC(F)(Cl)C(F)(F)C1=Cc2nc1c(-c1ccc(Cl)cc1)c1ccc([n-]1)c(-c1ccc(Cl)cc1)c1nc(c(-c3ccc(Cl)cc3)c3ccc([n-]3)c2-c2ccc(Cl)cc2)C=C1.[Zn+2]. The van der Waals surface area contributed by atoms with E-state index < -0.39 is 22.6 Å². The van der Waals surface area contributed by atoms with Crippen LogP contribution < -0.4 is 9.97 Å².